The van der Waals surface area contributed by atoms with Crippen LogP contribution in [0.15, 0.2) is 30.3 Å². The number of aliphatic hydroxyl groups excluding tert-OH is 1. The number of carbonyl (C=O) groups excluding carboxylic acids is 1. The van der Waals surface area contributed by atoms with Gasteiger partial charge in [-0.2, -0.15) is 0 Å². The van der Waals surface area contributed by atoms with Crippen molar-refractivity contribution in [1.29, 1.82) is 0 Å². The number of nitrogens with zero attached hydrogens (tertiary/aromatic N) is 1. The van der Waals surface area contributed by atoms with Gasteiger partial charge in [-0.15, -0.1) is 0 Å². The second-order valence-corrected chi connectivity index (χ2v) is 4.87. The molecule has 98 valence electrons. The summed E-state index contributed by atoms with van der Waals surface area (Å²) < 4.78 is 5.26. The van der Waals surface area contributed by atoms with Gasteiger partial charge in [0.1, 0.15) is 6.61 Å². The second-order valence-electron chi connectivity index (χ2n) is 4.87. The number of aliphatic hydroxyl groups is 1. The van der Waals surface area contributed by atoms with Gasteiger partial charge in [-0.25, -0.2) is 4.79 Å². The van der Waals surface area contributed by atoms with Crippen molar-refractivity contribution in [3.8, 4) is 0 Å². The smallest absolute Gasteiger partial charge is 0.410 e. The lowest BCUT2D eigenvalue weighted by Gasteiger charge is -2.15. The fourth-order valence-corrected chi connectivity index (χ4v) is 2.23. The average molecular weight is 249 g/mol. The summed E-state index contributed by atoms with van der Waals surface area (Å²) in [7, 11) is 0. The summed E-state index contributed by atoms with van der Waals surface area (Å²) in [5.74, 6) is 0.508. The van der Waals surface area contributed by atoms with E-state index in [1.54, 1.807) is 4.90 Å². The molecule has 0 spiro atoms. The van der Waals surface area contributed by atoms with E-state index in [-0.39, 0.29) is 18.6 Å². The number of carbonyl (C=O) groups is 1. The zero-order valence-electron chi connectivity index (χ0n) is 10.6. The topological polar surface area (TPSA) is 49.8 Å². The van der Waals surface area contributed by atoms with Crippen LogP contribution in [0, 0.1) is 11.8 Å². The maximum atomic E-state index is 11.8. The highest BCUT2D eigenvalue weighted by Gasteiger charge is 2.32. The third-order valence-corrected chi connectivity index (χ3v) is 3.47. The Kier molecular flexibility index (Phi) is 4.20. The number of ether oxygens (including phenoxy) is 1. The van der Waals surface area contributed by atoms with E-state index in [0.717, 1.165) is 5.56 Å². The molecule has 1 heterocycles. The SMILES string of the molecule is C[C@@H]1CN(C(=O)OCc2ccccc2)C[C@H]1CO. The van der Waals surface area contributed by atoms with Crippen LogP contribution in [-0.4, -0.2) is 35.8 Å². The fraction of sp³-hybridized carbons (Fsp3) is 0.500. The molecule has 1 aromatic rings. The zero-order chi connectivity index (χ0) is 13.0. The molecule has 1 fully saturated rings. The molecule has 0 aliphatic carbocycles. The second kappa shape index (κ2) is 5.87. The quantitative estimate of drug-likeness (QED) is 0.890. The Labute approximate surface area is 107 Å². The number of likely N-dealkylation sites (tertiary alicyclic amines) is 1. The minimum absolute atomic E-state index is 0.129. The highest BCUT2D eigenvalue weighted by Crippen LogP contribution is 2.23. The van der Waals surface area contributed by atoms with Gasteiger partial charge in [0.15, 0.2) is 0 Å². The number of hydrogen-bond donors (Lipinski definition) is 1. The van der Waals surface area contributed by atoms with Crippen LogP contribution in [-0.2, 0) is 11.3 Å². The Morgan fingerprint density at radius 3 is 2.72 bits per heavy atom. The number of hydrogen-bond acceptors (Lipinski definition) is 3. The monoisotopic (exact) mass is 249 g/mol. The van der Waals surface area contributed by atoms with E-state index in [9.17, 15) is 4.79 Å². The van der Waals surface area contributed by atoms with Gasteiger partial charge in [0.2, 0.25) is 0 Å². The molecule has 0 bridgehead atoms. The van der Waals surface area contributed by atoms with Crippen molar-refractivity contribution < 1.29 is 14.6 Å². The Morgan fingerprint density at radius 2 is 2.11 bits per heavy atom. The first-order valence-electron chi connectivity index (χ1n) is 6.27. The molecule has 1 amide bonds. The predicted molar refractivity (Wildman–Crippen MR) is 67.9 cm³/mol. The minimum atomic E-state index is -0.290. The Balaban J connectivity index is 1.82. The Morgan fingerprint density at radius 1 is 1.39 bits per heavy atom. The maximum absolute atomic E-state index is 11.8. The first-order valence-corrected chi connectivity index (χ1v) is 6.27. The van der Waals surface area contributed by atoms with Gasteiger partial charge >= 0.3 is 6.09 Å². The summed E-state index contributed by atoms with van der Waals surface area (Å²) in [4.78, 5) is 13.5. The molecule has 2 atom stereocenters. The van der Waals surface area contributed by atoms with Crippen molar-refractivity contribution in [2.75, 3.05) is 19.7 Å². The summed E-state index contributed by atoms with van der Waals surface area (Å²) in [5.41, 5.74) is 0.983. The lowest BCUT2D eigenvalue weighted by Crippen LogP contribution is -2.29. The molecular formula is C14H19NO3. The van der Waals surface area contributed by atoms with E-state index in [0.29, 0.717) is 25.6 Å². The number of amides is 1. The molecule has 1 N–H and O–H groups in total. The molecule has 0 saturated carbocycles. The van der Waals surface area contributed by atoms with Crippen molar-refractivity contribution in [3.05, 3.63) is 35.9 Å². The molecule has 1 aliphatic rings. The third-order valence-electron chi connectivity index (χ3n) is 3.47. The highest BCUT2D eigenvalue weighted by atomic mass is 16.6. The Bertz CT molecular complexity index is 393. The van der Waals surface area contributed by atoms with Gasteiger partial charge in [0.25, 0.3) is 0 Å². The molecule has 0 unspecified atom stereocenters. The molecule has 1 aromatic carbocycles. The molecule has 2 rings (SSSR count). The van der Waals surface area contributed by atoms with E-state index in [1.807, 2.05) is 37.3 Å². The van der Waals surface area contributed by atoms with Gasteiger partial charge in [-0.3, -0.25) is 0 Å². The van der Waals surface area contributed by atoms with E-state index >= 15 is 0 Å². The molecule has 0 radical (unpaired) electrons. The van der Waals surface area contributed by atoms with Gasteiger partial charge in [-0.1, -0.05) is 37.3 Å². The van der Waals surface area contributed by atoms with Crippen molar-refractivity contribution in [2.45, 2.75) is 13.5 Å². The first kappa shape index (κ1) is 12.9. The minimum Gasteiger partial charge on any atom is -0.445 e. The number of rotatable bonds is 3. The van der Waals surface area contributed by atoms with Crippen LogP contribution in [0.3, 0.4) is 0 Å². The summed E-state index contributed by atoms with van der Waals surface area (Å²) in [6.07, 6.45) is -0.290. The third kappa shape index (κ3) is 3.01. The van der Waals surface area contributed by atoms with Crippen LogP contribution in [0.5, 0.6) is 0 Å². The van der Waals surface area contributed by atoms with Gasteiger partial charge in [-0.05, 0) is 11.5 Å². The van der Waals surface area contributed by atoms with Gasteiger partial charge in [0, 0.05) is 25.6 Å². The maximum Gasteiger partial charge on any atom is 0.410 e. The molecule has 18 heavy (non-hydrogen) atoms. The van der Waals surface area contributed by atoms with E-state index in [2.05, 4.69) is 0 Å². The molecule has 4 nitrogen and oxygen atoms in total. The van der Waals surface area contributed by atoms with Crippen molar-refractivity contribution in [2.24, 2.45) is 11.8 Å². The van der Waals surface area contributed by atoms with Crippen LogP contribution < -0.4 is 0 Å². The molecule has 1 saturated heterocycles. The van der Waals surface area contributed by atoms with Crippen LogP contribution in [0.25, 0.3) is 0 Å². The summed E-state index contributed by atoms with van der Waals surface area (Å²) in [6, 6.07) is 9.62. The predicted octanol–water partition coefficient (Wildman–Crippen LogP) is 1.88. The highest BCUT2D eigenvalue weighted by molar-refractivity contribution is 5.68. The van der Waals surface area contributed by atoms with Crippen LogP contribution in [0.1, 0.15) is 12.5 Å². The summed E-state index contributed by atoms with van der Waals surface area (Å²) >= 11 is 0. The van der Waals surface area contributed by atoms with Gasteiger partial charge in [0.05, 0.1) is 0 Å². The molecule has 4 heteroatoms. The van der Waals surface area contributed by atoms with Crippen molar-refractivity contribution in [1.82, 2.24) is 4.90 Å². The summed E-state index contributed by atoms with van der Waals surface area (Å²) in [6.45, 7) is 3.73. The van der Waals surface area contributed by atoms with Gasteiger partial charge < -0.3 is 14.7 Å². The largest absolute Gasteiger partial charge is 0.445 e. The van der Waals surface area contributed by atoms with Crippen LogP contribution in [0.4, 0.5) is 4.79 Å². The van der Waals surface area contributed by atoms with Crippen molar-refractivity contribution in [3.63, 3.8) is 0 Å². The van der Waals surface area contributed by atoms with E-state index in [4.69, 9.17) is 9.84 Å². The Hall–Kier alpha value is -1.55. The lowest BCUT2D eigenvalue weighted by molar-refractivity contribution is 0.101. The lowest BCUT2D eigenvalue weighted by atomic mass is 10.00. The molecular weight excluding hydrogens is 230 g/mol. The summed E-state index contributed by atoms with van der Waals surface area (Å²) in [5, 5.41) is 9.17. The zero-order valence-corrected chi connectivity index (χ0v) is 10.6. The van der Waals surface area contributed by atoms with Crippen molar-refractivity contribution >= 4 is 6.09 Å². The standard InChI is InChI=1S/C14H19NO3/c1-11-7-15(8-13(11)9-16)14(17)18-10-12-5-3-2-4-6-12/h2-6,11,13,16H,7-10H2,1H3/t11-,13+/m1/s1. The fourth-order valence-electron chi connectivity index (χ4n) is 2.23. The van der Waals surface area contributed by atoms with E-state index < -0.39 is 0 Å². The number of benzene rings is 1. The van der Waals surface area contributed by atoms with E-state index in [1.165, 1.54) is 0 Å². The average Bonchev–Trinajstić information content (AvgIpc) is 2.78. The first-order chi connectivity index (χ1) is 8.70. The van der Waals surface area contributed by atoms with Crippen LogP contribution in [0.2, 0.25) is 0 Å². The normalized spacial score (nSPS) is 23.1. The molecule has 0 aromatic heterocycles. The van der Waals surface area contributed by atoms with Crippen LogP contribution >= 0.6 is 0 Å². The molecule has 1 aliphatic heterocycles.